The number of carbonyl (C=O) groups excluding carboxylic acids is 1. The van der Waals surface area contributed by atoms with Gasteiger partial charge >= 0.3 is 0 Å². The molecule has 29 heavy (non-hydrogen) atoms. The molecule has 8 heteroatoms. The Morgan fingerprint density at radius 2 is 1.97 bits per heavy atom. The van der Waals surface area contributed by atoms with E-state index in [9.17, 15) is 4.79 Å². The predicted octanol–water partition coefficient (Wildman–Crippen LogP) is 1.44. The maximum Gasteiger partial charge on any atom is 0.298 e. The number of fused-ring (bicyclic) bond motifs is 1. The molecule has 156 valence electrons. The van der Waals surface area contributed by atoms with E-state index in [0.29, 0.717) is 19.8 Å². The van der Waals surface area contributed by atoms with Gasteiger partial charge in [-0.1, -0.05) is 23.5 Å². The van der Waals surface area contributed by atoms with Gasteiger partial charge in [0.15, 0.2) is 5.13 Å². The summed E-state index contributed by atoms with van der Waals surface area (Å²) in [6.07, 6.45) is 2.32. The lowest BCUT2D eigenvalue weighted by Gasteiger charge is -2.26. The molecule has 1 fully saturated rings. The van der Waals surface area contributed by atoms with Crippen molar-refractivity contribution in [1.82, 2.24) is 4.98 Å². The van der Waals surface area contributed by atoms with E-state index in [1.165, 1.54) is 16.7 Å². The van der Waals surface area contributed by atoms with E-state index in [1.807, 2.05) is 0 Å². The molecule has 0 spiro atoms. The van der Waals surface area contributed by atoms with Crippen LogP contribution in [0.3, 0.4) is 0 Å². The number of carbonyl (C=O) groups is 1. The lowest BCUT2D eigenvalue weighted by molar-refractivity contribution is -0.908. The van der Waals surface area contributed by atoms with Gasteiger partial charge in [-0.15, -0.1) is 0 Å². The molecule has 2 aliphatic rings. The Balaban J connectivity index is 1.57. The summed E-state index contributed by atoms with van der Waals surface area (Å²) >= 11 is 1.57. The van der Waals surface area contributed by atoms with E-state index in [4.69, 9.17) is 19.2 Å². The Morgan fingerprint density at radius 1 is 1.17 bits per heavy atom. The molecule has 4 rings (SSSR count). The minimum Gasteiger partial charge on any atom is -0.494 e. The minimum absolute atomic E-state index is 0.184. The highest BCUT2D eigenvalue weighted by Crippen LogP contribution is 2.33. The average Bonchev–Trinajstić information content (AvgIpc) is 3.21. The summed E-state index contributed by atoms with van der Waals surface area (Å²) in [6, 6.07) is 4.18. The summed E-state index contributed by atoms with van der Waals surface area (Å²) in [5, 5.41) is 0.717. The number of quaternary nitrogens is 1. The van der Waals surface area contributed by atoms with Crippen LogP contribution in [-0.4, -0.2) is 63.5 Å². The number of hydrogen-bond acceptors (Lipinski definition) is 6. The van der Waals surface area contributed by atoms with Crippen molar-refractivity contribution in [2.75, 3.05) is 57.5 Å². The van der Waals surface area contributed by atoms with Gasteiger partial charge in [-0.25, -0.2) is 4.98 Å². The highest BCUT2D eigenvalue weighted by atomic mass is 32.1. The molecule has 0 aliphatic carbocycles. The normalized spacial score (nSPS) is 17.5. The molecule has 2 aliphatic heterocycles. The number of nitrogens with one attached hydrogen (secondary N) is 1. The molecule has 0 unspecified atom stereocenters. The second kappa shape index (κ2) is 9.11. The number of benzene rings is 1. The van der Waals surface area contributed by atoms with E-state index < -0.39 is 0 Å². The molecule has 0 atom stereocenters. The monoisotopic (exact) mass is 418 g/mol. The molecular formula is C21H28N3O4S+. The van der Waals surface area contributed by atoms with Gasteiger partial charge in [-0.2, -0.15) is 0 Å². The SMILES string of the molecule is Cc1ccc(C)c2sc(N(CCC[NH+]3CCOCC3)C(=O)C3=COCCO3)nc12. The molecular weight excluding hydrogens is 390 g/mol. The van der Waals surface area contributed by atoms with Crippen LogP contribution in [-0.2, 0) is 19.0 Å². The largest absolute Gasteiger partial charge is 0.494 e. The van der Waals surface area contributed by atoms with Gasteiger partial charge in [0.2, 0.25) is 5.76 Å². The highest BCUT2D eigenvalue weighted by molar-refractivity contribution is 7.22. The summed E-state index contributed by atoms with van der Waals surface area (Å²) in [7, 11) is 0. The minimum atomic E-state index is -0.184. The zero-order chi connectivity index (χ0) is 20.2. The average molecular weight is 419 g/mol. The number of ether oxygens (including phenoxy) is 3. The second-order valence-corrected chi connectivity index (χ2v) is 8.48. The maximum atomic E-state index is 13.2. The number of morpholine rings is 1. The zero-order valence-electron chi connectivity index (χ0n) is 17.0. The van der Waals surface area contributed by atoms with Gasteiger partial charge in [0, 0.05) is 13.0 Å². The van der Waals surface area contributed by atoms with Crippen molar-refractivity contribution in [3.8, 4) is 0 Å². The van der Waals surface area contributed by atoms with Gasteiger partial charge < -0.3 is 19.1 Å². The number of anilines is 1. The van der Waals surface area contributed by atoms with Crippen molar-refractivity contribution < 1.29 is 23.9 Å². The Bertz CT molecular complexity index is 866. The number of aryl methyl sites for hydroxylation is 2. The third-order valence-electron chi connectivity index (χ3n) is 5.38. The van der Waals surface area contributed by atoms with Gasteiger partial charge in [0.25, 0.3) is 5.91 Å². The van der Waals surface area contributed by atoms with Gasteiger partial charge in [-0.05, 0) is 25.0 Å². The fraction of sp³-hybridized carbons (Fsp3) is 0.524. The first-order valence-electron chi connectivity index (χ1n) is 10.2. The van der Waals surface area contributed by atoms with Crippen molar-refractivity contribution in [3.63, 3.8) is 0 Å². The summed E-state index contributed by atoms with van der Waals surface area (Å²) in [4.78, 5) is 21.3. The summed E-state index contributed by atoms with van der Waals surface area (Å²) in [5.41, 5.74) is 3.27. The Labute approximate surface area is 174 Å². The number of nitrogens with zero attached hydrogens (tertiary/aromatic N) is 2. The van der Waals surface area contributed by atoms with Crippen LogP contribution in [0.5, 0.6) is 0 Å². The molecule has 1 N–H and O–H groups in total. The number of hydrogen-bond donors (Lipinski definition) is 1. The first-order valence-corrected chi connectivity index (χ1v) is 11.0. The molecule has 0 radical (unpaired) electrons. The van der Waals surface area contributed by atoms with Crippen LogP contribution in [0.4, 0.5) is 5.13 Å². The standard InChI is InChI=1S/C21H27N3O4S/c1-15-4-5-16(2)19-18(15)22-21(29-19)24(20(25)17-14-27-12-13-28-17)7-3-6-23-8-10-26-11-9-23/h4-5,14H,3,6-13H2,1-2H3/p+1. The van der Waals surface area contributed by atoms with Crippen LogP contribution >= 0.6 is 11.3 Å². The van der Waals surface area contributed by atoms with Crippen molar-refractivity contribution in [2.24, 2.45) is 0 Å². The van der Waals surface area contributed by atoms with Crippen LogP contribution in [0.1, 0.15) is 17.5 Å². The third-order valence-corrected chi connectivity index (χ3v) is 6.59. The zero-order valence-corrected chi connectivity index (χ0v) is 17.8. The predicted molar refractivity (Wildman–Crippen MR) is 112 cm³/mol. The van der Waals surface area contributed by atoms with Gasteiger partial charge in [0.1, 0.15) is 32.6 Å². The number of amides is 1. The molecule has 0 saturated carbocycles. The molecule has 1 amide bonds. The molecule has 0 bridgehead atoms. The first kappa shape index (κ1) is 20.1. The quantitative estimate of drug-likeness (QED) is 0.769. The summed E-state index contributed by atoms with van der Waals surface area (Å²) in [5.74, 6) is 0.0682. The van der Waals surface area contributed by atoms with Gasteiger partial charge in [-0.3, -0.25) is 9.69 Å². The van der Waals surface area contributed by atoms with E-state index in [2.05, 4.69) is 26.0 Å². The smallest absolute Gasteiger partial charge is 0.298 e. The Morgan fingerprint density at radius 3 is 2.69 bits per heavy atom. The van der Waals surface area contributed by atoms with Crippen LogP contribution in [0.2, 0.25) is 0 Å². The van der Waals surface area contributed by atoms with Crippen molar-refractivity contribution in [3.05, 3.63) is 35.3 Å². The maximum absolute atomic E-state index is 13.2. The summed E-state index contributed by atoms with van der Waals surface area (Å²) in [6.45, 7) is 10.3. The van der Waals surface area contributed by atoms with Crippen molar-refractivity contribution in [2.45, 2.75) is 20.3 Å². The Hall–Kier alpha value is -2.16. The number of rotatable bonds is 6. The summed E-state index contributed by atoms with van der Waals surface area (Å²) < 4.78 is 17.4. The molecule has 1 aromatic heterocycles. The molecule has 2 aromatic rings. The molecule has 3 heterocycles. The lowest BCUT2D eigenvalue weighted by Crippen LogP contribution is -3.14. The lowest BCUT2D eigenvalue weighted by atomic mass is 10.1. The van der Waals surface area contributed by atoms with Crippen molar-refractivity contribution >= 4 is 32.6 Å². The first-order chi connectivity index (χ1) is 14.1. The fourth-order valence-electron chi connectivity index (χ4n) is 3.66. The van der Waals surface area contributed by atoms with E-state index in [0.717, 1.165) is 60.2 Å². The van der Waals surface area contributed by atoms with E-state index in [1.54, 1.807) is 16.2 Å². The molecule has 1 aromatic carbocycles. The van der Waals surface area contributed by atoms with Crippen LogP contribution in [0.25, 0.3) is 10.2 Å². The number of thiazole rings is 1. The third kappa shape index (κ3) is 4.55. The van der Waals surface area contributed by atoms with Crippen LogP contribution < -0.4 is 9.80 Å². The highest BCUT2D eigenvalue weighted by Gasteiger charge is 2.27. The van der Waals surface area contributed by atoms with Crippen LogP contribution in [0, 0.1) is 13.8 Å². The fourth-order valence-corrected chi connectivity index (χ4v) is 4.79. The topological polar surface area (TPSA) is 65.3 Å². The Kier molecular flexibility index (Phi) is 6.32. The van der Waals surface area contributed by atoms with Crippen LogP contribution in [0.15, 0.2) is 24.2 Å². The van der Waals surface area contributed by atoms with E-state index in [-0.39, 0.29) is 11.7 Å². The molecule has 7 nitrogen and oxygen atoms in total. The van der Waals surface area contributed by atoms with Crippen molar-refractivity contribution in [1.29, 1.82) is 0 Å². The van der Waals surface area contributed by atoms with Gasteiger partial charge in [0.05, 0.1) is 30.0 Å². The second-order valence-electron chi connectivity index (χ2n) is 7.50. The number of aromatic nitrogens is 1. The molecule has 1 saturated heterocycles. The van der Waals surface area contributed by atoms with E-state index >= 15 is 0 Å².